The van der Waals surface area contributed by atoms with Gasteiger partial charge in [0.25, 0.3) is 0 Å². The first-order valence-electron chi connectivity index (χ1n) is 5.34. The zero-order valence-corrected chi connectivity index (χ0v) is 9.61. The normalized spacial score (nSPS) is 24.6. The van der Waals surface area contributed by atoms with Crippen LogP contribution in [0.15, 0.2) is 6.33 Å². The molecule has 5 nitrogen and oxygen atoms in total. The maximum absolute atomic E-state index is 9.40. The Bertz CT molecular complexity index is 374. The van der Waals surface area contributed by atoms with E-state index in [1.807, 2.05) is 0 Å². The Morgan fingerprint density at radius 2 is 2.31 bits per heavy atom. The first-order chi connectivity index (χ1) is 7.66. The number of aliphatic hydroxyl groups excluding tert-OH is 1. The minimum atomic E-state index is -0.155. The maximum atomic E-state index is 9.40. The smallest absolute Gasteiger partial charge is 0.157 e. The topological polar surface area (TPSA) is 84.1 Å². The lowest BCUT2D eigenvalue weighted by Crippen LogP contribution is -2.14. The SMILES string of the molecule is Nc1c(Cl)ncnc1NCC1CCC(O)C1. The molecular weight excluding hydrogens is 228 g/mol. The second-order valence-corrected chi connectivity index (χ2v) is 4.50. The molecule has 1 aliphatic carbocycles. The summed E-state index contributed by atoms with van der Waals surface area (Å²) in [4.78, 5) is 7.81. The molecule has 0 bridgehead atoms. The molecule has 2 rings (SSSR count). The Balaban J connectivity index is 1.92. The minimum Gasteiger partial charge on any atom is -0.393 e. The van der Waals surface area contributed by atoms with Crippen LogP contribution >= 0.6 is 11.6 Å². The molecule has 1 aliphatic rings. The molecule has 1 aromatic heterocycles. The van der Waals surface area contributed by atoms with Crippen molar-refractivity contribution in [2.75, 3.05) is 17.6 Å². The molecule has 0 radical (unpaired) electrons. The van der Waals surface area contributed by atoms with E-state index in [1.165, 1.54) is 6.33 Å². The highest BCUT2D eigenvalue weighted by Crippen LogP contribution is 2.27. The fourth-order valence-electron chi connectivity index (χ4n) is 1.99. The van der Waals surface area contributed by atoms with Gasteiger partial charge in [-0.1, -0.05) is 11.6 Å². The van der Waals surface area contributed by atoms with E-state index in [0.717, 1.165) is 25.8 Å². The van der Waals surface area contributed by atoms with Crippen LogP contribution in [-0.4, -0.2) is 27.7 Å². The number of hydrogen-bond donors (Lipinski definition) is 3. The fraction of sp³-hybridized carbons (Fsp3) is 0.600. The molecule has 1 fully saturated rings. The van der Waals surface area contributed by atoms with Crippen molar-refractivity contribution in [1.82, 2.24) is 9.97 Å². The lowest BCUT2D eigenvalue weighted by Gasteiger charge is -2.12. The van der Waals surface area contributed by atoms with E-state index in [4.69, 9.17) is 17.3 Å². The zero-order valence-electron chi connectivity index (χ0n) is 8.86. The summed E-state index contributed by atoms with van der Waals surface area (Å²) in [5.41, 5.74) is 6.10. The first-order valence-corrected chi connectivity index (χ1v) is 5.72. The van der Waals surface area contributed by atoms with Gasteiger partial charge < -0.3 is 16.2 Å². The Morgan fingerprint density at radius 3 is 3.00 bits per heavy atom. The van der Waals surface area contributed by atoms with Crippen LogP contribution in [0.25, 0.3) is 0 Å². The number of aromatic nitrogens is 2. The van der Waals surface area contributed by atoms with Crippen molar-refractivity contribution in [3.63, 3.8) is 0 Å². The van der Waals surface area contributed by atoms with Crippen LogP contribution in [0.3, 0.4) is 0 Å². The summed E-state index contributed by atoms with van der Waals surface area (Å²) >= 11 is 5.78. The number of hydrogen-bond acceptors (Lipinski definition) is 5. The van der Waals surface area contributed by atoms with Gasteiger partial charge in [-0.25, -0.2) is 9.97 Å². The first kappa shape index (κ1) is 11.4. The number of anilines is 2. The number of nitrogens with zero attached hydrogens (tertiary/aromatic N) is 2. The second kappa shape index (κ2) is 4.84. The van der Waals surface area contributed by atoms with E-state index in [2.05, 4.69) is 15.3 Å². The van der Waals surface area contributed by atoms with E-state index in [1.54, 1.807) is 0 Å². The van der Waals surface area contributed by atoms with Gasteiger partial charge in [0.2, 0.25) is 0 Å². The monoisotopic (exact) mass is 242 g/mol. The lowest BCUT2D eigenvalue weighted by molar-refractivity contribution is 0.178. The van der Waals surface area contributed by atoms with Gasteiger partial charge in [-0.2, -0.15) is 0 Å². The lowest BCUT2D eigenvalue weighted by atomic mass is 10.1. The largest absolute Gasteiger partial charge is 0.393 e. The highest BCUT2D eigenvalue weighted by Gasteiger charge is 2.22. The number of halogens is 1. The molecule has 1 aromatic rings. The van der Waals surface area contributed by atoms with Crippen LogP contribution in [0.2, 0.25) is 5.15 Å². The van der Waals surface area contributed by atoms with Crippen LogP contribution in [0.4, 0.5) is 11.5 Å². The molecule has 0 spiro atoms. The average molecular weight is 243 g/mol. The van der Waals surface area contributed by atoms with Gasteiger partial charge in [-0.05, 0) is 25.2 Å². The van der Waals surface area contributed by atoms with Crippen LogP contribution < -0.4 is 11.1 Å². The molecule has 16 heavy (non-hydrogen) atoms. The second-order valence-electron chi connectivity index (χ2n) is 4.14. The Morgan fingerprint density at radius 1 is 1.50 bits per heavy atom. The Kier molecular flexibility index (Phi) is 3.46. The third kappa shape index (κ3) is 2.54. The summed E-state index contributed by atoms with van der Waals surface area (Å²) in [6.45, 7) is 0.759. The Labute approximate surface area is 99.0 Å². The van der Waals surface area contributed by atoms with E-state index in [0.29, 0.717) is 17.4 Å². The highest BCUT2D eigenvalue weighted by molar-refractivity contribution is 6.32. The van der Waals surface area contributed by atoms with E-state index < -0.39 is 0 Å². The predicted molar refractivity (Wildman–Crippen MR) is 63.3 cm³/mol. The summed E-state index contributed by atoms with van der Waals surface area (Å²) in [6.07, 6.45) is 3.98. The average Bonchev–Trinajstić information content (AvgIpc) is 2.67. The molecule has 0 saturated heterocycles. The van der Waals surface area contributed by atoms with Gasteiger partial charge in [0, 0.05) is 6.54 Å². The van der Waals surface area contributed by atoms with Crippen molar-refractivity contribution in [2.45, 2.75) is 25.4 Å². The maximum Gasteiger partial charge on any atom is 0.157 e. The number of aliphatic hydroxyl groups is 1. The fourth-order valence-corrected chi connectivity index (χ4v) is 2.12. The molecule has 0 aromatic carbocycles. The Hall–Kier alpha value is -1.07. The molecule has 6 heteroatoms. The summed E-state index contributed by atoms with van der Waals surface area (Å²) in [5, 5.41) is 12.8. The van der Waals surface area contributed by atoms with Crippen molar-refractivity contribution in [3.8, 4) is 0 Å². The van der Waals surface area contributed by atoms with Gasteiger partial charge in [0.1, 0.15) is 12.0 Å². The van der Waals surface area contributed by atoms with Crippen molar-refractivity contribution >= 4 is 23.1 Å². The molecule has 0 amide bonds. The quantitative estimate of drug-likeness (QED) is 0.696. The van der Waals surface area contributed by atoms with Gasteiger partial charge >= 0.3 is 0 Å². The standard InChI is InChI=1S/C10H15ClN4O/c11-9-8(12)10(15-5-14-9)13-4-6-1-2-7(16)3-6/h5-7,16H,1-4,12H2,(H,13,14,15). The highest BCUT2D eigenvalue weighted by atomic mass is 35.5. The molecule has 1 heterocycles. The van der Waals surface area contributed by atoms with Crippen molar-refractivity contribution < 1.29 is 5.11 Å². The summed E-state index contributed by atoms with van der Waals surface area (Å²) in [5.74, 6) is 1.05. The molecule has 1 saturated carbocycles. The van der Waals surface area contributed by atoms with Crippen molar-refractivity contribution in [1.29, 1.82) is 0 Å². The molecule has 2 atom stereocenters. The summed E-state index contributed by atoms with van der Waals surface area (Å²) in [7, 11) is 0. The predicted octanol–water partition coefficient (Wildman–Crippen LogP) is 1.29. The third-order valence-electron chi connectivity index (χ3n) is 2.91. The van der Waals surface area contributed by atoms with E-state index >= 15 is 0 Å². The summed E-state index contributed by atoms with van der Waals surface area (Å²) < 4.78 is 0. The summed E-state index contributed by atoms with van der Waals surface area (Å²) in [6, 6.07) is 0. The van der Waals surface area contributed by atoms with Gasteiger partial charge in [-0.3, -0.25) is 0 Å². The number of nitrogens with one attached hydrogen (secondary N) is 1. The van der Waals surface area contributed by atoms with Crippen molar-refractivity contribution in [2.24, 2.45) is 5.92 Å². The number of nitrogens with two attached hydrogens (primary N) is 1. The molecule has 88 valence electrons. The molecule has 4 N–H and O–H groups in total. The van der Waals surface area contributed by atoms with Crippen LogP contribution in [0, 0.1) is 5.92 Å². The van der Waals surface area contributed by atoms with Crippen LogP contribution in [-0.2, 0) is 0 Å². The number of nitrogen functional groups attached to an aromatic ring is 1. The molecule has 0 aliphatic heterocycles. The molecule has 2 unspecified atom stereocenters. The van der Waals surface area contributed by atoms with Crippen LogP contribution in [0.1, 0.15) is 19.3 Å². The van der Waals surface area contributed by atoms with Gasteiger partial charge in [0.05, 0.1) is 6.10 Å². The van der Waals surface area contributed by atoms with Crippen LogP contribution in [0.5, 0.6) is 0 Å². The van der Waals surface area contributed by atoms with E-state index in [-0.39, 0.29) is 11.3 Å². The van der Waals surface area contributed by atoms with Gasteiger partial charge in [-0.15, -0.1) is 0 Å². The third-order valence-corrected chi connectivity index (χ3v) is 3.21. The molecular formula is C10H15ClN4O. The minimum absolute atomic E-state index is 0.155. The van der Waals surface area contributed by atoms with Gasteiger partial charge in [0.15, 0.2) is 11.0 Å². The zero-order chi connectivity index (χ0) is 11.5. The number of rotatable bonds is 3. The van der Waals surface area contributed by atoms with E-state index in [9.17, 15) is 5.11 Å². The van der Waals surface area contributed by atoms with Crippen molar-refractivity contribution in [3.05, 3.63) is 11.5 Å².